The number of hydrogen-bond donors (Lipinski definition) is 0. The number of hydrogen-bond acceptors (Lipinski definition) is 1. The van der Waals surface area contributed by atoms with Crippen LogP contribution in [0.5, 0.6) is 5.75 Å². The molecule has 0 unspecified atom stereocenters. The molecule has 0 saturated heterocycles. The Morgan fingerprint density at radius 2 is 2.07 bits per heavy atom. The molecule has 0 atom stereocenters. The van der Waals surface area contributed by atoms with Crippen LogP contribution in [0.2, 0.25) is 0 Å². The molecular formula is C11H11F2IO. The van der Waals surface area contributed by atoms with Gasteiger partial charge in [0.25, 0.3) is 0 Å². The third-order valence-corrected chi connectivity index (χ3v) is 3.64. The molecule has 0 heterocycles. The maximum Gasteiger partial charge on any atom is 0.171 e. The van der Waals surface area contributed by atoms with E-state index in [-0.39, 0.29) is 15.4 Å². The quantitative estimate of drug-likeness (QED) is 0.594. The van der Waals surface area contributed by atoms with Gasteiger partial charge in [-0.15, -0.1) is 0 Å². The monoisotopic (exact) mass is 324 g/mol. The van der Waals surface area contributed by atoms with Crippen molar-refractivity contribution in [3.63, 3.8) is 0 Å². The predicted molar refractivity (Wildman–Crippen MR) is 62.1 cm³/mol. The summed E-state index contributed by atoms with van der Waals surface area (Å²) in [5, 5.41) is 0. The van der Waals surface area contributed by atoms with E-state index in [1.54, 1.807) is 29.5 Å². The molecule has 1 fully saturated rings. The van der Waals surface area contributed by atoms with Crippen molar-refractivity contribution in [2.75, 3.05) is 0 Å². The highest BCUT2D eigenvalue weighted by atomic mass is 127. The predicted octanol–water partition coefficient (Wildman–Crippen LogP) is 3.81. The lowest BCUT2D eigenvalue weighted by molar-refractivity contribution is 0.113. The fourth-order valence-corrected chi connectivity index (χ4v) is 1.98. The fraction of sp³-hybridized carbons (Fsp3) is 0.455. The van der Waals surface area contributed by atoms with Gasteiger partial charge in [-0.05, 0) is 60.4 Å². The van der Waals surface area contributed by atoms with Crippen molar-refractivity contribution in [3.8, 4) is 5.75 Å². The SMILES string of the molecule is Cc1cc(F)c(I)c(OC2CCC2)c1F. The number of benzene rings is 1. The fourth-order valence-electron chi connectivity index (χ4n) is 1.46. The van der Waals surface area contributed by atoms with Crippen molar-refractivity contribution >= 4 is 22.6 Å². The number of aryl methyl sites for hydroxylation is 1. The van der Waals surface area contributed by atoms with Crippen LogP contribution in [-0.4, -0.2) is 6.10 Å². The van der Waals surface area contributed by atoms with Gasteiger partial charge in [0.1, 0.15) is 5.82 Å². The molecule has 1 aromatic rings. The second-order valence-electron chi connectivity index (χ2n) is 3.80. The Hall–Kier alpha value is -0.390. The average Bonchev–Trinajstić information content (AvgIpc) is 2.12. The van der Waals surface area contributed by atoms with Gasteiger partial charge in [-0.1, -0.05) is 0 Å². The molecule has 0 aliphatic heterocycles. The van der Waals surface area contributed by atoms with E-state index in [1.807, 2.05) is 0 Å². The van der Waals surface area contributed by atoms with Gasteiger partial charge < -0.3 is 4.74 Å². The first kappa shape index (κ1) is 11.1. The van der Waals surface area contributed by atoms with E-state index in [2.05, 4.69) is 0 Å². The molecule has 0 amide bonds. The van der Waals surface area contributed by atoms with Crippen LogP contribution in [0.1, 0.15) is 24.8 Å². The highest BCUT2D eigenvalue weighted by Gasteiger charge is 2.24. The summed E-state index contributed by atoms with van der Waals surface area (Å²) in [5.74, 6) is -0.769. The lowest BCUT2D eigenvalue weighted by Gasteiger charge is -2.27. The molecule has 1 aromatic carbocycles. The molecule has 0 N–H and O–H groups in total. The van der Waals surface area contributed by atoms with Crippen LogP contribution in [0.15, 0.2) is 6.07 Å². The Kier molecular flexibility index (Phi) is 3.13. The molecule has 1 nitrogen and oxygen atoms in total. The van der Waals surface area contributed by atoms with Crippen molar-refractivity contribution in [1.29, 1.82) is 0 Å². The highest BCUT2D eigenvalue weighted by Crippen LogP contribution is 2.33. The van der Waals surface area contributed by atoms with Gasteiger partial charge in [-0.25, -0.2) is 8.78 Å². The minimum absolute atomic E-state index is 0.0641. The average molecular weight is 324 g/mol. The number of halogens is 3. The standard InChI is InChI=1S/C11H11F2IO/c1-6-5-8(12)10(14)11(9(6)13)15-7-3-2-4-7/h5,7H,2-4H2,1H3. The second-order valence-corrected chi connectivity index (χ2v) is 4.88. The summed E-state index contributed by atoms with van der Waals surface area (Å²) in [6, 6.07) is 1.20. The van der Waals surface area contributed by atoms with Crippen LogP contribution < -0.4 is 4.74 Å². The molecule has 1 aliphatic carbocycles. The summed E-state index contributed by atoms with van der Waals surface area (Å²) in [7, 11) is 0. The number of rotatable bonds is 2. The Morgan fingerprint density at radius 1 is 1.40 bits per heavy atom. The van der Waals surface area contributed by atoms with E-state index < -0.39 is 11.6 Å². The number of ether oxygens (including phenoxy) is 1. The summed E-state index contributed by atoms with van der Waals surface area (Å²) in [6.45, 7) is 1.54. The molecule has 0 spiro atoms. The van der Waals surface area contributed by atoms with Gasteiger partial charge in [0.2, 0.25) is 0 Å². The van der Waals surface area contributed by atoms with E-state index in [4.69, 9.17) is 4.74 Å². The normalized spacial score (nSPS) is 16.3. The first-order chi connectivity index (χ1) is 7.09. The summed E-state index contributed by atoms with van der Waals surface area (Å²) >= 11 is 1.78. The molecular weight excluding hydrogens is 313 g/mol. The largest absolute Gasteiger partial charge is 0.486 e. The molecule has 0 radical (unpaired) electrons. The van der Waals surface area contributed by atoms with Crippen LogP contribution in [0, 0.1) is 22.1 Å². The van der Waals surface area contributed by atoms with Gasteiger partial charge in [0.15, 0.2) is 11.6 Å². The molecule has 82 valence electrons. The zero-order valence-electron chi connectivity index (χ0n) is 8.32. The third kappa shape index (κ3) is 2.09. The first-order valence-corrected chi connectivity index (χ1v) is 5.98. The Balaban J connectivity index is 2.34. The van der Waals surface area contributed by atoms with Gasteiger partial charge in [0.05, 0.1) is 9.67 Å². The molecule has 4 heteroatoms. The minimum atomic E-state index is -0.437. The summed E-state index contributed by atoms with van der Waals surface area (Å²) in [5.41, 5.74) is 0.294. The van der Waals surface area contributed by atoms with Crippen LogP contribution in [0.4, 0.5) is 8.78 Å². The Morgan fingerprint density at radius 3 is 2.60 bits per heavy atom. The molecule has 2 rings (SSSR count). The van der Waals surface area contributed by atoms with Crippen LogP contribution in [0.25, 0.3) is 0 Å². The van der Waals surface area contributed by atoms with Gasteiger partial charge in [0, 0.05) is 0 Å². The highest BCUT2D eigenvalue weighted by molar-refractivity contribution is 14.1. The summed E-state index contributed by atoms with van der Waals surface area (Å²) in [6.07, 6.45) is 3.04. The van der Waals surface area contributed by atoms with Gasteiger partial charge in [-0.2, -0.15) is 0 Å². The van der Waals surface area contributed by atoms with E-state index in [9.17, 15) is 8.78 Å². The third-order valence-electron chi connectivity index (χ3n) is 2.63. The van der Waals surface area contributed by atoms with Crippen molar-refractivity contribution in [3.05, 3.63) is 26.8 Å². The lowest BCUT2D eigenvalue weighted by Crippen LogP contribution is -2.25. The van der Waals surface area contributed by atoms with Gasteiger partial charge >= 0.3 is 0 Å². The zero-order chi connectivity index (χ0) is 11.0. The Bertz CT molecular complexity index is 362. The molecule has 0 bridgehead atoms. The molecule has 0 aromatic heterocycles. The lowest BCUT2D eigenvalue weighted by atomic mass is 9.96. The van der Waals surface area contributed by atoms with E-state index >= 15 is 0 Å². The van der Waals surface area contributed by atoms with Crippen molar-refractivity contribution < 1.29 is 13.5 Å². The van der Waals surface area contributed by atoms with Crippen LogP contribution in [-0.2, 0) is 0 Å². The topological polar surface area (TPSA) is 9.23 Å². The second kappa shape index (κ2) is 4.23. The minimum Gasteiger partial charge on any atom is -0.486 e. The summed E-state index contributed by atoms with van der Waals surface area (Å²) in [4.78, 5) is 0. The first-order valence-electron chi connectivity index (χ1n) is 4.90. The maximum atomic E-state index is 13.7. The van der Waals surface area contributed by atoms with Crippen molar-refractivity contribution in [2.24, 2.45) is 0 Å². The van der Waals surface area contributed by atoms with E-state index in [0.29, 0.717) is 5.56 Å². The Labute approximate surface area is 101 Å². The van der Waals surface area contributed by atoms with Crippen molar-refractivity contribution in [2.45, 2.75) is 32.3 Å². The molecule has 1 aliphatic rings. The smallest absolute Gasteiger partial charge is 0.171 e. The van der Waals surface area contributed by atoms with Crippen LogP contribution in [0.3, 0.4) is 0 Å². The van der Waals surface area contributed by atoms with E-state index in [1.165, 1.54) is 6.07 Å². The van der Waals surface area contributed by atoms with Crippen LogP contribution >= 0.6 is 22.6 Å². The molecule has 1 saturated carbocycles. The maximum absolute atomic E-state index is 13.7. The van der Waals surface area contributed by atoms with E-state index in [0.717, 1.165) is 19.3 Å². The van der Waals surface area contributed by atoms with Crippen molar-refractivity contribution in [1.82, 2.24) is 0 Å². The zero-order valence-corrected chi connectivity index (χ0v) is 10.5. The van der Waals surface area contributed by atoms with Gasteiger partial charge in [-0.3, -0.25) is 0 Å². The summed E-state index contributed by atoms with van der Waals surface area (Å²) < 4.78 is 32.7. The molecule has 15 heavy (non-hydrogen) atoms.